The third-order valence-electron chi connectivity index (χ3n) is 2.43. The van der Waals surface area contributed by atoms with E-state index in [2.05, 4.69) is 11.9 Å². The van der Waals surface area contributed by atoms with Crippen LogP contribution in [0.4, 0.5) is 0 Å². The lowest BCUT2D eigenvalue weighted by molar-refractivity contribution is 0.0690. The van der Waals surface area contributed by atoms with Crippen LogP contribution in [0.5, 0.6) is 6.08 Å². The van der Waals surface area contributed by atoms with Crippen LogP contribution in [0.15, 0.2) is 10.7 Å². The van der Waals surface area contributed by atoms with Crippen LogP contribution in [0.2, 0.25) is 0 Å². The lowest BCUT2D eigenvalue weighted by Crippen LogP contribution is -1.99. The van der Waals surface area contributed by atoms with Crippen molar-refractivity contribution in [1.82, 2.24) is 4.98 Å². The average Bonchev–Trinajstić information content (AvgIpc) is 2.77. The van der Waals surface area contributed by atoms with Crippen molar-refractivity contribution in [2.45, 2.75) is 45.4 Å². The molecule has 5 nitrogen and oxygen atoms in total. The number of hydrogen-bond donors (Lipinski definition) is 1. The number of hydrogen-bond acceptors (Lipinski definition) is 4. The molecule has 96 valence electrons. The summed E-state index contributed by atoms with van der Waals surface area (Å²) < 4.78 is 10.1. The van der Waals surface area contributed by atoms with E-state index >= 15 is 0 Å². The van der Waals surface area contributed by atoms with Crippen LogP contribution >= 0.6 is 0 Å². The normalized spacial score (nSPS) is 10.4. The summed E-state index contributed by atoms with van der Waals surface area (Å²) in [5.74, 6) is -1.11. The average molecular weight is 241 g/mol. The highest BCUT2D eigenvalue weighted by Crippen LogP contribution is 2.11. The SMILES string of the molecule is CCCCCCCCOc1nc(C(=O)O)co1. The number of ether oxygens (including phenoxy) is 1. The highest BCUT2D eigenvalue weighted by Gasteiger charge is 2.10. The third kappa shape index (κ3) is 5.38. The van der Waals surface area contributed by atoms with Crippen LogP contribution in [0.3, 0.4) is 0 Å². The third-order valence-corrected chi connectivity index (χ3v) is 2.43. The summed E-state index contributed by atoms with van der Waals surface area (Å²) in [6.45, 7) is 2.71. The van der Waals surface area contributed by atoms with Gasteiger partial charge >= 0.3 is 12.0 Å². The minimum absolute atomic E-state index is 0.0379. The zero-order chi connectivity index (χ0) is 12.5. The summed E-state index contributed by atoms with van der Waals surface area (Å²) in [4.78, 5) is 14.2. The Labute approximate surface area is 101 Å². The second kappa shape index (κ2) is 7.70. The molecule has 1 N–H and O–H groups in total. The summed E-state index contributed by atoms with van der Waals surface area (Å²) in [6.07, 6.45) is 8.17. The number of carboxylic acid groups (broad SMARTS) is 1. The molecule has 1 aromatic rings. The second-order valence-electron chi connectivity index (χ2n) is 3.92. The van der Waals surface area contributed by atoms with Crippen molar-refractivity contribution in [3.05, 3.63) is 12.0 Å². The molecule has 0 bridgehead atoms. The monoisotopic (exact) mass is 241 g/mol. The maximum atomic E-state index is 10.5. The molecule has 0 atom stereocenters. The van der Waals surface area contributed by atoms with E-state index in [1.165, 1.54) is 25.7 Å². The maximum Gasteiger partial charge on any atom is 0.394 e. The number of aromatic carboxylic acids is 1. The van der Waals surface area contributed by atoms with Gasteiger partial charge in [0.1, 0.15) is 6.26 Å². The van der Waals surface area contributed by atoms with Crippen molar-refractivity contribution < 1.29 is 19.1 Å². The van der Waals surface area contributed by atoms with E-state index in [1.807, 2.05) is 0 Å². The van der Waals surface area contributed by atoms with Crippen LogP contribution in [0, 0.1) is 0 Å². The lowest BCUT2D eigenvalue weighted by atomic mass is 10.1. The Hall–Kier alpha value is -1.52. The topological polar surface area (TPSA) is 72.6 Å². The molecular formula is C12H19NO4. The molecule has 1 heterocycles. The van der Waals surface area contributed by atoms with E-state index in [-0.39, 0.29) is 11.8 Å². The van der Waals surface area contributed by atoms with Crippen LogP contribution in [-0.4, -0.2) is 22.7 Å². The van der Waals surface area contributed by atoms with Crippen molar-refractivity contribution in [2.24, 2.45) is 0 Å². The zero-order valence-electron chi connectivity index (χ0n) is 10.1. The molecular weight excluding hydrogens is 222 g/mol. The molecule has 0 saturated heterocycles. The lowest BCUT2D eigenvalue weighted by Gasteiger charge is -2.01. The maximum absolute atomic E-state index is 10.5. The summed E-state index contributed by atoms with van der Waals surface area (Å²) in [5.41, 5.74) is -0.122. The van der Waals surface area contributed by atoms with Crippen molar-refractivity contribution in [2.75, 3.05) is 6.61 Å². The molecule has 0 saturated carbocycles. The van der Waals surface area contributed by atoms with Crippen molar-refractivity contribution in [3.8, 4) is 6.08 Å². The Morgan fingerprint density at radius 2 is 2.06 bits per heavy atom. The number of aromatic nitrogens is 1. The van der Waals surface area contributed by atoms with E-state index in [4.69, 9.17) is 14.3 Å². The van der Waals surface area contributed by atoms with Crippen LogP contribution in [0.25, 0.3) is 0 Å². The van der Waals surface area contributed by atoms with Gasteiger partial charge in [0.25, 0.3) is 0 Å². The Balaban J connectivity index is 2.07. The first-order valence-corrected chi connectivity index (χ1v) is 6.05. The van der Waals surface area contributed by atoms with Gasteiger partial charge in [-0.15, -0.1) is 0 Å². The number of oxazole rings is 1. The molecule has 1 rings (SSSR count). The standard InChI is InChI=1S/C12H19NO4/c1-2-3-4-5-6-7-8-16-12-13-10(9-17-12)11(14)15/h9H,2-8H2,1H3,(H,14,15). The molecule has 17 heavy (non-hydrogen) atoms. The van der Waals surface area contributed by atoms with Crippen molar-refractivity contribution >= 4 is 5.97 Å². The van der Waals surface area contributed by atoms with Gasteiger partial charge in [-0.1, -0.05) is 39.0 Å². The van der Waals surface area contributed by atoms with Crippen LogP contribution in [-0.2, 0) is 0 Å². The van der Waals surface area contributed by atoms with Crippen LogP contribution < -0.4 is 4.74 Å². The van der Waals surface area contributed by atoms with E-state index in [0.29, 0.717) is 6.61 Å². The fourth-order valence-corrected chi connectivity index (χ4v) is 1.46. The number of unbranched alkanes of at least 4 members (excludes halogenated alkanes) is 5. The van der Waals surface area contributed by atoms with Gasteiger partial charge in [-0.05, 0) is 6.42 Å². The number of carbonyl (C=O) groups is 1. The van der Waals surface area contributed by atoms with Gasteiger partial charge < -0.3 is 14.3 Å². The van der Waals surface area contributed by atoms with E-state index in [0.717, 1.165) is 19.1 Å². The molecule has 0 aliphatic carbocycles. The van der Waals surface area contributed by atoms with Crippen molar-refractivity contribution in [1.29, 1.82) is 0 Å². The fraction of sp³-hybridized carbons (Fsp3) is 0.667. The van der Waals surface area contributed by atoms with Gasteiger partial charge in [-0.3, -0.25) is 0 Å². The first-order chi connectivity index (χ1) is 8.24. The van der Waals surface area contributed by atoms with Gasteiger partial charge in [-0.2, -0.15) is 4.98 Å². The molecule has 0 amide bonds. The first-order valence-electron chi connectivity index (χ1n) is 6.05. The molecule has 0 unspecified atom stereocenters. The smallest absolute Gasteiger partial charge is 0.394 e. The van der Waals surface area contributed by atoms with Gasteiger partial charge in [0.15, 0.2) is 5.69 Å². The predicted octanol–water partition coefficient (Wildman–Crippen LogP) is 3.11. The molecule has 0 aromatic carbocycles. The fourth-order valence-electron chi connectivity index (χ4n) is 1.46. The Kier molecular flexibility index (Phi) is 6.14. The summed E-state index contributed by atoms with van der Waals surface area (Å²) in [7, 11) is 0. The minimum atomic E-state index is -1.11. The van der Waals surface area contributed by atoms with E-state index in [9.17, 15) is 4.79 Å². The summed E-state index contributed by atoms with van der Waals surface area (Å²) >= 11 is 0. The summed E-state index contributed by atoms with van der Waals surface area (Å²) in [6, 6.07) is 0. The Morgan fingerprint density at radius 3 is 2.71 bits per heavy atom. The van der Waals surface area contributed by atoms with Gasteiger partial charge in [0.2, 0.25) is 0 Å². The zero-order valence-corrected chi connectivity index (χ0v) is 10.1. The molecule has 0 aliphatic heterocycles. The molecule has 0 fully saturated rings. The molecule has 0 spiro atoms. The van der Waals surface area contributed by atoms with Gasteiger partial charge in [0.05, 0.1) is 6.61 Å². The highest BCUT2D eigenvalue weighted by molar-refractivity contribution is 5.84. The largest absolute Gasteiger partial charge is 0.476 e. The number of carboxylic acids is 1. The molecule has 5 heteroatoms. The molecule has 0 aliphatic rings. The van der Waals surface area contributed by atoms with Crippen molar-refractivity contribution in [3.63, 3.8) is 0 Å². The molecule has 0 radical (unpaired) electrons. The number of rotatable bonds is 9. The minimum Gasteiger partial charge on any atom is -0.476 e. The summed E-state index contributed by atoms with van der Waals surface area (Å²) in [5, 5.41) is 8.61. The van der Waals surface area contributed by atoms with Crippen LogP contribution in [0.1, 0.15) is 55.9 Å². The van der Waals surface area contributed by atoms with E-state index in [1.54, 1.807) is 0 Å². The predicted molar refractivity (Wildman–Crippen MR) is 62.3 cm³/mol. The van der Waals surface area contributed by atoms with Gasteiger partial charge in [0, 0.05) is 0 Å². The first kappa shape index (κ1) is 13.5. The number of nitrogens with zero attached hydrogens (tertiary/aromatic N) is 1. The Morgan fingerprint density at radius 1 is 1.35 bits per heavy atom. The van der Waals surface area contributed by atoms with E-state index < -0.39 is 5.97 Å². The Bertz CT molecular complexity index is 335. The second-order valence-corrected chi connectivity index (χ2v) is 3.92. The van der Waals surface area contributed by atoms with Gasteiger partial charge in [-0.25, -0.2) is 4.79 Å². The quantitative estimate of drug-likeness (QED) is 0.672. The highest BCUT2D eigenvalue weighted by atomic mass is 16.6. The molecule has 1 aromatic heterocycles.